The van der Waals surface area contributed by atoms with Gasteiger partial charge in [0.05, 0.1) is 18.6 Å². The first kappa shape index (κ1) is 22.0. The average molecular weight is 438 g/mol. The molecule has 0 bridgehead atoms. The molecule has 166 valence electrons. The largest absolute Gasteiger partial charge is 0.379 e. The first-order valence-corrected chi connectivity index (χ1v) is 11.7. The maximum absolute atomic E-state index is 13.6. The molecule has 1 aromatic carbocycles. The highest BCUT2D eigenvalue weighted by Crippen LogP contribution is 2.48. The molecule has 0 unspecified atom stereocenters. The second-order valence-electron chi connectivity index (χ2n) is 9.01. The van der Waals surface area contributed by atoms with Crippen LogP contribution < -0.4 is 5.32 Å². The predicted molar refractivity (Wildman–Crippen MR) is 116 cm³/mol. The molecule has 3 atom stereocenters. The quantitative estimate of drug-likeness (QED) is 0.767. The summed E-state index contributed by atoms with van der Waals surface area (Å²) >= 11 is 6.17. The number of hydrogen-bond acceptors (Lipinski definition) is 4. The van der Waals surface area contributed by atoms with E-state index < -0.39 is 0 Å². The molecular formula is C23H33ClFN3O2. The van der Waals surface area contributed by atoms with E-state index in [9.17, 15) is 9.18 Å². The number of halogens is 2. The van der Waals surface area contributed by atoms with Crippen LogP contribution in [0.3, 0.4) is 0 Å². The number of likely N-dealkylation sites (tertiary alicyclic amines) is 1. The second kappa shape index (κ2) is 9.51. The van der Waals surface area contributed by atoms with Crippen molar-refractivity contribution >= 4 is 17.5 Å². The van der Waals surface area contributed by atoms with Gasteiger partial charge in [-0.3, -0.25) is 9.69 Å². The Balaban J connectivity index is 1.47. The minimum absolute atomic E-state index is 0.131. The number of ether oxygens (including phenoxy) is 1. The van der Waals surface area contributed by atoms with Gasteiger partial charge >= 0.3 is 0 Å². The number of hydrogen-bond donors (Lipinski definition) is 1. The van der Waals surface area contributed by atoms with E-state index in [0.717, 1.165) is 77.2 Å². The molecule has 0 spiro atoms. The Morgan fingerprint density at radius 3 is 2.83 bits per heavy atom. The number of amides is 1. The molecule has 4 rings (SSSR count). The van der Waals surface area contributed by atoms with Crippen LogP contribution in [0.25, 0.3) is 0 Å². The minimum Gasteiger partial charge on any atom is -0.379 e. The number of nitrogens with one attached hydrogen (secondary N) is 1. The topological polar surface area (TPSA) is 44.8 Å². The lowest BCUT2D eigenvalue weighted by molar-refractivity contribution is -0.145. The second-order valence-corrected chi connectivity index (χ2v) is 9.41. The molecule has 1 saturated carbocycles. The zero-order valence-corrected chi connectivity index (χ0v) is 18.6. The summed E-state index contributed by atoms with van der Waals surface area (Å²) in [6, 6.07) is 4.90. The van der Waals surface area contributed by atoms with Crippen molar-refractivity contribution in [1.82, 2.24) is 15.1 Å². The molecule has 1 N–H and O–H groups in total. The lowest BCUT2D eigenvalue weighted by Gasteiger charge is -2.53. The zero-order valence-electron chi connectivity index (χ0n) is 17.8. The van der Waals surface area contributed by atoms with Crippen molar-refractivity contribution < 1.29 is 13.9 Å². The van der Waals surface area contributed by atoms with Gasteiger partial charge in [-0.1, -0.05) is 24.6 Å². The summed E-state index contributed by atoms with van der Waals surface area (Å²) in [5, 5.41) is 3.51. The Hall–Kier alpha value is -1.21. The number of carbonyl (C=O) groups excluding carboxylic acids is 1. The van der Waals surface area contributed by atoms with Crippen LogP contribution in [0.2, 0.25) is 5.02 Å². The zero-order chi connectivity index (χ0) is 21.1. The number of rotatable bonds is 5. The number of benzene rings is 1. The van der Waals surface area contributed by atoms with E-state index in [0.29, 0.717) is 23.5 Å². The molecule has 0 radical (unpaired) electrons. The Bertz CT molecular complexity index is 758. The molecule has 2 heterocycles. The van der Waals surface area contributed by atoms with Crippen molar-refractivity contribution in [2.24, 2.45) is 11.3 Å². The van der Waals surface area contributed by atoms with Gasteiger partial charge in [0.25, 0.3) is 0 Å². The Morgan fingerprint density at radius 2 is 2.10 bits per heavy atom. The molecule has 1 aliphatic carbocycles. The molecule has 5 nitrogen and oxygen atoms in total. The Labute approximate surface area is 183 Å². The van der Waals surface area contributed by atoms with Crippen molar-refractivity contribution in [3.05, 3.63) is 34.6 Å². The maximum Gasteiger partial charge on any atom is 0.228 e. The molecular weight excluding hydrogens is 405 g/mol. The van der Waals surface area contributed by atoms with Crippen molar-refractivity contribution in [2.75, 3.05) is 45.9 Å². The third kappa shape index (κ3) is 4.52. The van der Waals surface area contributed by atoms with E-state index in [-0.39, 0.29) is 17.1 Å². The number of carbonyl (C=O) groups is 1. The first-order valence-electron chi connectivity index (χ1n) is 11.3. The highest BCUT2D eigenvalue weighted by atomic mass is 35.5. The van der Waals surface area contributed by atoms with E-state index >= 15 is 0 Å². The van der Waals surface area contributed by atoms with Gasteiger partial charge in [0.15, 0.2) is 0 Å². The van der Waals surface area contributed by atoms with Gasteiger partial charge < -0.3 is 15.0 Å². The average Bonchev–Trinajstić information content (AvgIpc) is 2.78. The maximum atomic E-state index is 13.6. The summed E-state index contributed by atoms with van der Waals surface area (Å²) in [6.45, 7) is 9.00. The minimum atomic E-state index is -0.360. The standard InChI is InChI=1S/C23H33ClFN3O2/c1-2-27-8-6-18-13-20(28-9-11-30-12-10-28)5-7-23(18,16-27)22(29)26-15-17-3-4-19(25)14-21(17)24/h3-4,14,18,20H,2,5-13,15-16H2,1H3,(H,26,29)/t18-,20+,23-/m1/s1. The molecule has 0 aromatic heterocycles. The summed E-state index contributed by atoms with van der Waals surface area (Å²) in [6.07, 6.45) is 4.12. The van der Waals surface area contributed by atoms with Crippen molar-refractivity contribution in [2.45, 2.75) is 45.2 Å². The van der Waals surface area contributed by atoms with Crippen LogP contribution >= 0.6 is 11.6 Å². The molecule has 1 aromatic rings. The van der Waals surface area contributed by atoms with Gasteiger partial charge in [-0.25, -0.2) is 4.39 Å². The van der Waals surface area contributed by atoms with Gasteiger partial charge in [0, 0.05) is 37.2 Å². The van der Waals surface area contributed by atoms with Crippen LogP contribution in [-0.4, -0.2) is 67.7 Å². The van der Waals surface area contributed by atoms with Gasteiger partial charge in [0.2, 0.25) is 5.91 Å². The lowest BCUT2D eigenvalue weighted by atomic mass is 9.61. The van der Waals surface area contributed by atoms with Crippen LogP contribution in [0, 0.1) is 17.2 Å². The molecule has 30 heavy (non-hydrogen) atoms. The van der Waals surface area contributed by atoms with Crippen LogP contribution in [0.15, 0.2) is 18.2 Å². The summed E-state index contributed by atoms with van der Waals surface area (Å²) in [5.74, 6) is 0.165. The van der Waals surface area contributed by atoms with E-state index in [1.54, 1.807) is 6.07 Å². The highest BCUT2D eigenvalue weighted by Gasteiger charge is 2.52. The number of nitrogens with zero attached hydrogens (tertiary/aromatic N) is 2. The van der Waals surface area contributed by atoms with Gasteiger partial charge in [-0.15, -0.1) is 0 Å². The third-order valence-corrected chi connectivity index (χ3v) is 7.83. The van der Waals surface area contributed by atoms with Crippen LogP contribution in [0.5, 0.6) is 0 Å². The van der Waals surface area contributed by atoms with E-state index in [1.165, 1.54) is 12.1 Å². The number of piperidine rings is 1. The number of fused-ring (bicyclic) bond motifs is 1. The van der Waals surface area contributed by atoms with E-state index in [1.807, 2.05) is 0 Å². The molecule has 3 fully saturated rings. The smallest absolute Gasteiger partial charge is 0.228 e. The van der Waals surface area contributed by atoms with Crippen molar-refractivity contribution in [1.29, 1.82) is 0 Å². The fourth-order valence-corrected chi connectivity index (χ4v) is 5.88. The molecule has 2 saturated heterocycles. The Kier molecular flexibility index (Phi) is 6.98. The van der Waals surface area contributed by atoms with Gasteiger partial charge in [-0.2, -0.15) is 0 Å². The van der Waals surface area contributed by atoms with Crippen molar-refractivity contribution in [3.8, 4) is 0 Å². The van der Waals surface area contributed by atoms with E-state index in [4.69, 9.17) is 16.3 Å². The van der Waals surface area contributed by atoms with Gasteiger partial charge in [-0.05, 0) is 62.4 Å². The first-order chi connectivity index (χ1) is 14.5. The van der Waals surface area contributed by atoms with Crippen LogP contribution in [0.4, 0.5) is 4.39 Å². The predicted octanol–water partition coefficient (Wildman–Crippen LogP) is 3.31. The number of morpholine rings is 1. The molecule has 7 heteroatoms. The molecule has 3 aliphatic rings. The summed E-state index contributed by atoms with van der Waals surface area (Å²) in [7, 11) is 0. The fourth-order valence-electron chi connectivity index (χ4n) is 5.65. The fraction of sp³-hybridized carbons (Fsp3) is 0.696. The van der Waals surface area contributed by atoms with Gasteiger partial charge in [0.1, 0.15) is 5.82 Å². The summed E-state index contributed by atoms with van der Waals surface area (Å²) in [5.41, 5.74) is 0.410. The van der Waals surface area contributed by atoms with Crippen LogP contribution in [0.1, 0.15) is 38.2 Å². The lowest BCUT2D eigenvalue weighted by Crippen LogP contribution is -2.60. The molecule has 2 aliphatic heterocycles. The third-order valence-electron chi connectivity index (χ3n) is 7.48. The highest BCUT2D eigenvalue weighted by molar-refractivity contribution is 6.31. The van der Waals surface area contributed by atoms with Crippen LogP contribution in [-0.2, 0) is 16.1 Å². The summed E-state index contributed by atoms with van der Waals surface area (Å²) in [4.78, 5) is 18.5. The summed E-state index contributed by atoms with van der Waals surface area (Å²) < 4.78 is 18.9. The monoisotopic (exact) mass is 437 g/mol. The van der Waals surface area contributed by atoms with E-state index in [2.05, 4.69) is 22.0 Å². The normalized spacial score (nSPS) is 30.6. The Morgan fingerprint density at radius 1 is 1.30 bits per heavy atom. The van der Waals surface area contributed by atoms with Crippen molar-refractivity contribution in [3.63, 3.8) is 0 Å². The SMILES string of the molecule is CCN1CC[C@@H]2C[C@@H](N3CCOCC3)CC[C@@]2(C(=O)NCc2ccc(F)cc2Cl)C1. The molecule has 1 amide bonds.